The topological polar surface area (TPSA) is 41.1 Å². The van der Waals surface area contributed by atoms with Crippen LogP contribution in [-0.2, 0) is 5.41 Å². The van der Waals surface area contributed by atoms with Gasteiger partial charge < -0.3 is 5.32 Å². The highest BCUT2D eigenvalue weighted by atomic mass is 35.5. The summed E-state index contributed by atoms with van der Waals surface area (Å²) >= 11 is 16.9. The van der Waals surface area contributed by atoms with Crippen molar-refractivity contribution in [3.8, 4) is 0 Å². The lowest BCUT2D eigenvalue weighted by Crippen LogP contribution is -2.34. The molecule has 2 N–H and O–H groups in total. The number of rotatable bonds is 2. The van der Waals surface area contributed by atoms with Crippen LogP contribution in [0.25, 0.3) is 0 Å². The summed E-state index contributed by atoms with van der Waals surface area (Å²) in [7, 11) is 0. The van der Waals surface area contributed by atoms with E-state index in [0.717, 1.165) is 5.69 Å². The summed E-state index contributed by atoms with van der Waals surface area (Å²) in [5.74, 6) is -0.350. The highest BCUT2D eigenvalue weighted by molar-refractivity contribution is 7.80. The molecule has 0 heterocycles. The zero-order valence-electron chi connectivity index (χ0n) is 13.6. The standard InChI is InChI=1S/C18H18Cl2N2OS/c1-18(2,3)12-5-7-13(8-6-12)21-17(24)22-16(23)11-4-9-14(19)15(20)10-11/h4-10H,1-3H3,(H2,21,22,23,24). The third kappa shape index (κ3) is 4.94. The normalized spacial score (nSPS) is 11.0. The van der Waals surface area contributed by atoms with Gasteiger partial charge in [-0.05, 0) is 53.5 Å². The number of hydrogen-bond donors (Lipinski definition) is 2. The zero-order valence-corrected chi connectivity index (χ0v) is 15.9. The van der Waals surface area contributed by atoms with Crippen LogP contribution in [0.1, 0.15) is 36.7 Å². The van der Waals surface area contributed by atoms with Crippen molar-refractivity contribution in [2.45, 2.75) is 26.2 Å². The Balaban J connectivity index is 2.00. The maximum atomic E-state index is 12.2. The Hall–Kier alpha value is -1.62. The molecule has 24 heavy (non-hydrogen) atoms. The van der Waals surface area contributed by atoms with Gasteiger partial charge in [-0.2, -0.15) is 0 Å². The van der Waals surface area contributed by atoms with Gasteiger partial charge in [0.25, 0.3) is 5.91 Å². The predicted octanol–water partition coefficient (Wildman–Crippen LogP) is 5.42. The molecular formula is C18H18Cl2N2OS. The molecule has 2 aromatic carbocycles. The molecule has 0 aliphatic heterocycles. The van der Waals surface area contributed by atoms with Gasteiger partial charge in [0.1, 0.15) is 0 Å². The number of thiocarbonyl (C=S) groups is 1. The quantitative estimate of drug-likeness (QED) is 0.683. The highest BCUT2D eigenvalue weighted by Crippen LogP contribution is 2.24. The van der Waals surface area contributed by atoms with E-state index in [1.807, 2.05) is 24.3 Å². The van der Waals surface area contributed by atoms with Crippen molar-refractivity contribution in [2.24, 2.45) is 0 Å². The molecule has 0 saturated heterocycles. The lowest BCUT2D eigenvalue weighted by molar-refractivity contribution is 0.0977. The van der Waals surface area contributed by atoms with Crippen molar-refractivity contribution >= 4 is 52.1 Å². The van der Waals surface area contributed by atoms with Crippen LogP contribution in [-0.4, -0.2) is 11.0 Å². The fourth-order valence-corrected chi connectivity index (χ4v) is 2.54. The largest absolute Gasteiger partial charge is 0.332 e. The van der Waals surface area contributed by atoms with E-state index in [-0.39, 0.29) is 16.4 Å². The van der Waals surface area contributed by atoms with Gasteiger partial charge in [-0.25, -0.2) is 0 Å². The summed E-state index contributed by atoms with van der Waals surface area (Å²) in [6.45, 7) is 6.45. The van der Waals surface area contributed by atoms with Crippen LogP contribution >= 0.6 is 35.4 Å². The summed E-state index contributed by atoms with van der Waals surface area (Å²) in [5, 5.41) is 6.54. The van der Waals surface area contributed by atoms with E-state index in [2.05, 4.69) is 31.4 Å². The Labute approximate surface area is 157 Å². The van der Waals surface area contributed by atoms with Crippen LogP contribution in [0.15, 0.2) is 42.5 Å². The summed E-state index contributed by atoms with van der Waals surface area (Å²) in [6, 6.07) is 12.6. The molecule has 6 heteroatoms. The number of amides is 1. The van der Waals surface area contributed by atoms with E-state index >= 15 is 0 Å². The Kier molecular flexibility index (Phi) is 5.86. The van der Waals surface area contributed by atoms with Crippen LogP contribution in [0, 0.1) is 0 Å². The summed E-state index contributed by atoms with van der Waals surface area (Å²) < 4.78 is 0. The van der Waals surface area contributed by atoms with Crippen molar-refractivity contribution in [1.29, 1.82) is 0 Å². The second-order valence-corrected chi connectivity index (χ2v) is 7.59. The van der Waals surface area contributed by atoms with Gasteiger partial charge in [-0.15, -0.1) is 0 Å². The number of anilines is 1. The van der Waals surface area contributed by atoms with Gasteiger partial charge in [0.05, 0.1) is 10.0 Å². The number of nitrogens with one attached hydrogen (secondary N) is 2. The first-order valence-electron chi connectivity index (χ1n) is 7.35. The molecule has 2 rings (SSSR count). The highest BCUT2D eigenvalue weighted by Gasteiger charge is 2.13. The Morgan fingerprint density at radius 3 is 2.17 bits per heavy atom. The molecule has 0 fully saturated rings. The van der Waals surface area contributed by atoms with Crippen molar-refractivity contribution in [3.63, 3.8) is 0 Å². The molecule has 0 aliphatic carbocycles. The molecule has 0 saturated carbocycles. The fourth-order valence-electron chi connectivity index (χ4n) is 2.03. The van der Waals surface area contributed by atoms with Crippen LogP contribution in [0.2, 0.25) is 10.0 Å². The summed E-state index contributed by atoms with van der Waals surface area (Å²) in [6.07, 6.45) is 0. The predicted molar refractivity (Wildman–Crippen MR) is 105 cm³/mol. The molecule has 1 amide bonds. The minimum atomic E-state index is -0.350. The first-order chi connectivity index (χ1) is 11.2. The van der Waals surface area contributed by atoms with Crippen molar-refractivity contribution in [3.05, 3.63) is 63.6 Å². The Bertz CT molecular complexity index is 768. The minimum absolute atomic E-state index is 0.0844. The average Bonchev–Trinajstić information content (AvgIpc) is 2.49. The van der Waals surface area contributed by atoms with E-state index in [9.17, 15) is 4.79 Å². The summed E-state index contributed by atoms with van der Waals surface area (Å²) in [5.41, 5.74) is 2.50. The molecule has 126 valence electrons. The average molecular weight is 381 g/mol. The van der Waals surface area contributed by atoms with Gasteiger partial charge in [-0.3, -0.25) is 10.1 Å². The molecule has 2 aromatic rings. The summed E-state index contributed by atoms with van der Waals surface area (Å²) in [4.78, 5) is 12.2. The lowest BCUT2D eigenvalue weighted by atomic mass is 9.87. The van der Waals surface area contributed by atoms with E-state index in [4.69, 9.17) is 35.4 Å². The van der Waals surface area contributed by atoms with Crippen LogP contribution < -0.4 is 10.6 Å². The third-order valence-electron chi connectivity index (χ3n) is 3.42. The number of halogens is 2. The molecule has 0 bridgehead atoms. The van der Waals surface area contributed by atoms with Gasteiger partial charge in [0.2, 0.25) is 0 Å². The van der Waals surface area contributed by atoms with Gasteiger partial charge in [0.15, 0.2) is 5.11 Å². The maximum absolute atomic E-state index is 12.2. The zero-order chi connectivity index (χ0) is 17.9. The number of benzene rings is 2. The van der Waals surface area contributed by atoms with E-state index in [0.29, 0.717) is 15.6 Å². The molecule has 0 radical (unpaired) electrons. The van der Waals surface area contributed by atoms with Gasteiger partial charge >= 0.3 is 0 Å². The van der Waals surface area contributed by atoms with E-state index in [1.165, 1.54) is 11.6 Å². The number of carbonyl (C=O) groups excluding carboxylic acids is 1. The number of carbonyl (C=O) groups is 1. The Morgan fingerprint density at radius 2 is 1.62 bits per heavy atom. The fraction of sp³-hybridized carbons (Fsp3) is 0.222. The molecule has 0 spiro atoms. The first kappa shape index (κ1) is 18.7. The SMILES string of the molecule is CC(C)(C)c1ccc(NC(=S)NC(=O)c2ccc(Cl)c(Cl)c2)cc1. The van der Waals surface area contributed by atoms with Crippen molar-refractivity contribution in [1.82, 2.24) is 5.32 Å². The van der Waals surface area contributed by atoms with Crippen LogP contribution in [0.5, 0.6) is 0 Å². The molecule has 0 unspecified atom stereocenters. The molecular weight excluding hydrogens is 363 g/mol. The van der Waals surface area contributed by atoms with Crippen LogP contribution in [0.4, 0.5) is 5.69 Å². The minimum Gasteiger partial charge on any atom is -0.332 e. The molecule has 3 nitrogen and oxygen atoms in total. The number of hydrogen-bond acceptors (Lipinski definition) is 2. The van der Waals surface area contributed by atoms with Gasteiger partial charge in [0, 0.05) is 11.3 Å². The van der Waals surface area contributed by atoms with Crippen LogP contribution in [0.3, 0.4) is 0 Å². The maximum Gasteiger partial charge on any atom is 0.257 e. The molecule has 0 aromatic heterocycles. The third-order valence-corrected chi connectivity index (χ3v) is 4.36. The van der Waals surface area contributed by atoms with Crippen molar-refractivity contribution < 1.29 is 4.79 Å². The van der Waals surface area contributed by atoms with E-state index < -0.39 is 0 Å². The van der Waals surface area contributed by atoms with Crippen molar-refractivity contribution in [2.75, 3.05) is 5.32 Å². The monoisotopic (exact) mass is 380 g/mol. The smallest absolute Gasteiger partial charge is 0.257 e. The second kappa shape index (κ2) is 7.51. The molecule has 0 aliphatic rings. The van der Waals surface area contributed by atoms with Gasteiger partial charge in [-0.1, -0.05) is 56.1 Å². The van der Waals surface area contributed by atoms with E-state index in [1.54, 1.807) is 12.1 Å². The second-order valence-electron chi connectivity index (χ2n) is 6.36. The molecule has 0 atom stereocenters. The first-order valence-corrected chi connectivity index (χ1v) is 8.51. The Morgan fingerprint density at radius 1 is 1.00 bits per heavy atom. The lowest BCUT2D eigenvalue weighted by Gasteiger charge is -2.19.